The minimum atomic E-state index is -5.84. The molecule has 0 bridgehead atoms. The summed E-state index contributed by atoms with van der Waals surface area (Å²) in [5.41, 5.74) is 1.77. The molecule has 2 N–H and O–H groups in total. The second kappa shape index (κ2) is 27.2. The first-order valence-electron chi connectivity index (χ1n) is 26.1. The summed E-state index contributed by atoms with van der Waals surface area (Å²) >= 11 is 0. The average molecular weight is 1120 g/mol. The molecule has 6 unspecified atom stereocenters. The Hall–Kier alpha value is -4.66. The number of benzene rings is 3. The predicted octanol–water partition coefficient (Wildman–Crippen LogP) is 7.25. The monoisotopic (exact) mass is 1120 g/mol. The zero-order valence-corrected chi connectivity index (χ0v) is 50.2. The molecular formula is C56H76B2F3N3NaO12S. The molecule has 0 saturated carbocycles. The average Bonchev–Trinajstić information content (AvgIpc) is 4.01. The third-order valence-electron chi connectivity index (χ3n) is 12.8. The maximum atomic E-state index is 12.7. The van der Waals surface area contributed by atoms with Crippen LogP contribution in [0.3, 0.4) is 0 Å². The molecule has 2 amide bonds. The van der Waals surface area contributed by atoms with Crippen molar-refractivity contribution in [3.05, 3.63) is 100 Å². The van der Waals surface area contributed by atoms with E-state index in [2.05, 4.69) is 62.2 Å². The summed E-state index contributed by atoms with van der Waals surface area (Å²) < 4.78 is 91.1. The van der Waals surface area contributed by atoms with Gasteiger partial charge < -0.3 is 39.3 Å². The van der Waals surface area contributed by atoms with Gasteiger partial charge in [0.15, 0.2) is 0 Å². The van der Waals surface area contributed by atoms with E-state index in [0.29, 0.717) is 24.0 Å². The first-order valence-corrected chi connectivity index (χ1v) is 27.5. The Labute approximate surface area is 484 Å². The maximum Gasteiger partial charge on any atom is 1.00 e. The molecule has 6 aliphatic heterocycles. The maximum absolute atomic E-state index is 12.7. The van der Waals surface area contributed by atoms with Crippen LogP contribution in [-0.4, -0.2) is 116 Å². The minimum Gasteiger partial charge on any atom is -1.00 e. The van der Waals surface area contributed by atoms with Crippen LogP contribution in [0.4, 0.5) is 22.8 Å². The number of rotatable bonds is 5. The number of alkyl halides is 3. The zero-order chi connectivity index (χ0) is 56.1. The van der Waals surface area contributed by atoms with Gasteiger partial charge in [0.2, 0.25) is 5.88 Å². The van der Waals surface area contributed by atoms with Gasteiger partial charge in [-0.15, -0.1) is 0 Å². The summed E-state index contributed by atoms with van der Waals surface area (Å²) in [6.07, 6.45) is 9.21. The Morgan fingerprint density at radius 1 is 0.679 bits per heavy atom. The molecule has 421 valence electrons. The summed E-state index contributed by atoms with van der Waals surface area (Å²) in [7, 11) is -7.23. The predicted molar refractivity (Wildman–Crippen MR) is 293 cm³/mol. The van der Waals surface area contributed by atoms with E-state index in [0.717, 1.165) is 89.6 Å². The number of carbonyl (C=O) groups is 2. The van der Waals surface area contributed by atoms with Crippen molar-refractivity contribution in [1.82, 2.24) is 9.80 Å². The van der Waals surface area contributed by atoms with Gasteiger partial charge in [-0.05, 0) is 188 Å². The van der Waals surface area contributed by atoms with Crippen LogP contribution in [0.5, 0.6) is 17.2 Å². The van der Waals surface area contributed by atoms with Crippen molar-refractivity contribution >= 4 is 54.7 Å². The van der Waals surface area contributed by atoms with Crippen LogP contribution in [0.2, 0.25) is 0 Å². The number of halogens is 3. The number of nitrogens with zero attached hydrogens (tertiary/aromatic N) is 3. The van der Waals surface area contributed by atoms with Gasteiger partial charge in [0, 0.05) is 53.0 Å². The van der Waals surface area contributed by atoms with Crippen molar-refractivity contribution in [3.63, 3.8) is 0 Å². The van der Waals surface area contributed by atoms with Crippen molar-refractivity contribution in [2.75, 3.05) is 19.6 Å². The van der Waals surface area contributed by atoms with E-state index in [1.54, 1.807) is 50.8 Å². The third-order valence-corrected chi connectivity index (χ3v) is 13.7. The van der Waals surface area contributed by atoms with Gasteiger partial charge in [-0.25, -0.2) is 14.5 Å². The normalized spacial score (nSPS) is 22.1. The molecule has 3 aromatic carbocycles. The summed E-state index contributed by atoms with van der Waals surface area (Å²) in [6, 6.07) is 18.0. The molecule has 6 aliphatic rings. The van der Waals surface area contributed by atoms with Crippen LogP contribution in [-0.2, 0) is 43.0 Å². The van der Waals surface area contributed by atoms with Crippen LogP contribution in [0.1, 0.15) is 138 Å². The standard InChI is InChI=1S/C20H27NO3.C15H19NO.C12H18F3NO5S.C9H11BO3.B.Na.H/c1-13-6-8-17(21(12-13)19(22)24-20(3,4)5)15-7-9-18-16(11-15)10-14(2)23-18;1-10-3-5-14(16-9-10)12-4-6-15-13(8-12)7-11(2)17-15;1-8-5-6-9(21-22(18,19)12(13,14)15)16(7-8)10(17)20-11(2,3)4;1-6-4-7-5-8(10(11)12)2-3-9(7)13-6;;;/h7-9,11,13-14H,6,10,12H2,1-5H3;4,6,8,10-11H,3,5,7,9H2,1-2H3;6,8H,5,7H2,1-4H3;2-3,5-6,11-12H,4H2,1H3;;;/q;;;;;+1;-1. The van der Waals surface area contributed by atoms with Gasteiger partial charge in [-0.3, -0.25) is 9.89 Å². The molecule has 22 heteroatoms. The molecule has 0 aromatic heterocycles. The second-order valence-electron chi connectivity index (χ2n) is 22.7. The molecule has 3 radical (unpaired) electrons. The van der Waals surface area contributed by atoms with E-state index in [1.807, 2.05) is 39.8 Å². The van der Waals surface area contributed by atoms with Crippen molar-refractivity contribution in [1.29, 1.82) is 0 Å². The fraction of sp³-hybridized carbons (Fsp3) is 0.554. The molecule has 6 atom stereocenters. The fourth-order valence-corrected chi connectivity index (χ4v) is 9.60. The van der Waals surface area contributed by atoms with Gasteiger partial charge in [-0.2, -0.15) is 21.6 Å². The Kier molecular flexibility index (Phi) is 23.0. The molecule has 6 heterocycles. The Balaban J connectivity index is 0.000000279. The van der Waals surface area contributed by atoms with Crippen LogP contribution in [0.25, 0.3) is 5.70 Å². The molecule has 78 heavy (non-hydrogen) atoms. The Morgan fingerprint density at radius 2 is 1.13 bits per heavy atom. The zero-order valence-electron chi connectivity index (χ0n) is 48.4. The number of amides is 2. The number of hydrogen-bond donors (Lipinski definition) is 2. The molecule has 0 spiro atoms. The summed E-state index contributed by atoms with van der Waals surface area (Å²) in [6.45, 7) is 24.5. The van der Waals surface area contributed by atoms with Gasteiger partial charge in [0.1, 0.15) is 46.8 Å². The number of ether oxygens (including phenoxy) is 5. The van der Waals surface area contributed by atoms with Gasteiger partial charge >= 0.3 is 64.5 Å². The summed E-state index contributed by atoms with van der Waals surface area (Å²) in [4.78, 5) is 31.9. The van der Waals surface area contributed by atoms with Crippen molar-refractivity contribution in [2.24, 2.45) is 22.7 Å². The topological polar surface area (TPSA) is 183 Å². The van der Waals surface area contributed by atoms with E-state index >= 15 is 0 Å². The van der Waals surface area contributed by atoms with E-state index < -0.39 is 45.9 Å². The van der Waals surface area contributed by atoms with Crippen LogP contribution in [0, 0.1) is 17.8 Å². The van der Waals surface area contributed by atoms with E-state index in [-0.39, 0.29) is 76.6 Å². The SMILES string of the molecule is CC1CC=C(OS(=O)(=O)C(F)(F)F)N(C(=O)OC(C)(C)C)C1.CC1CC=C(c2ccc3c(c2)CC(C)O3)N(C(=O)OC(C)(C)C)C1.CC1CCC(c2ccc3c(c2)CC(C)O3)=NC1.CC1Cc2cc(B(O)O)ccc2O1.[B].[H-].[Na+]. The number of fused-ring (bicyclic) bond motifs is 3. The third kappa shape index (κ3) is 18.4. The number of aliphatic imine (C=N–C) groups is 1. The van der Waals surface area contributed by atoms with E-state index in [1.165, 1.54) is 28.8 Å². The summed E-state index contributed by atoms with van der Waals surface area (Å²) in [5.74, 6) is 3.29. The molecule has 3 aromatic rings. The molecule has 0 saturated heterocycles. The Morgan fingerprint density at radius 3 is 1.60 bits per heavy atom. The first-order chi connectivity index (χ1) is 35.3. The smallest absolute Gasteiger partial charge is 1.00 e. The van der Waals surface area contributed by atoms with Crippen LogP contribution >= 0.6 is 0 Å². The van der Waals surface area contributed by atoms with Gasteiger partial charge in [0.05, 0.1) is 5.70 Å². The molecule has 0 aliphatic carbocycles. The van der Waals surface area contributed by atoms with E-state index in [4.69, 9.17) is 38.7 Å². The summed E-state index contributed by atoms with van der Waals surface area (Å²) in [5, 5.41) is 17.9. The van der Waals surface area contributed by atoms with Crippen LogP contribution in [0.15, 0.2) is 77.6 Å². The number of hydrogen-bond acceptors (Lipinski definition) is 13. The molecule has 0 fully saturated rings. The number of allylic oxidation sites excluding steroid dienone is 2. The minimum absolute atomic E-state index is 0. The molecule has 15 nitrogen and oxygen atoms in total. The van der Waals surface area contributed by atoms with Crippen molar-refractivity contribution in [3.8, 4) is 17.2 Å². The van der Waals surface area contributed by atoms with E-state index in [9.17, 15) is 31.2 Å². The van der Waals surface area contributed by atoms with Gasteiger partial charge in [0.25, 0.3) is 0 Å². The van der Waals surface area contributed by atoms with Crippen molar-refractivity contribution < 1.29 is 100 Å². The largest absolute Gasteiger partial charge is 1.00 e. The molecule has 9 rings (SSSR count). The Bertz CT molecular complexity index is 2790. The van der Waals surface area contributed by atoms with Crippen LogP contribution < -0.4 is 49.2 Å². The second-order valence-corrected chi connectivity index (χ2v) is 24.2. The fourth-order valence-electron chi connectivity index (χ4n) is 9.12. The molecular weight excluding hydrogens is 1040 g/mol. The first kappa shape index (κ1) is 65.9. The van der Waals surface area contributed by atoms with Gasteiger partial charge in [-0.1, -0.05) is 39.0 Å². The quantitative estimate of drug-likeness (QED) is 0.149. The number of carbonyl (C=O) groups excluding carboxylic acids is 2. The van der Waals surface area contributed by atoms with Crippen molar-refractivity contribution in [2.45, 2.75) is 163 Å².